The van der Waals surface area contributed by atoms with E-state index in [0.29, 0.717) is 10.8 Å². The van der Waals surface area contributed by atoms with Crippen LogP contribution in [0.2, 0.25) is 0 Å². The van der Waals surface area contributed by atoms with E-state index in [0.717, 1.165) is 32.3 Å². The van der Waals surface area contributed by atoms with Gasteiger partial charge in [0, 0.05) is 21.2 Å². The van der Waals surface area contributed by atoms with E-state index in [-0.39, 0.29) is 20.5 Å². The molecule has 2 unspecified atom stereocenters. The second kappa shape index (κ2) is 4.87. The van der Waals surface area contributed by atoms with E-state index in [1.54, 1.807) is 0 Å². The fraction of sp³-hybridized carbons (Fsp3) is 0.100. The van der Waals surface area contributed by atoms with Crippen molar-refractivity contribution in [1.82, 2.24) is 0 Å². The zero-order valence-electron chi connectivity index (χ0n) is 12.3. The zero-order chi connectivity index (χ0) is 16.6. The Morgan fingerprint density at radius 2 is 1.08 bits per heavy atom. The molecule has 2 atom stereocenters. The van der Waals surface area contributed by atoms with E-state index >= 15 is 0 Å². The minimum absolute atomic E-state index is 0.0419. The van der Waals surface area contributed by atoms with E-state index < -0.39 is 0 Å². The highest BCUT2D eigenvalue weighted by Crippen LogP contribution is 2.27. The van der Waals surface area contributed by atoms with Gasteiger partial charge in [-0.1, -0.05) is 68.3 Å². The van der Waals surface area contributed by atoms with Crippen molar-refractivity contribution in [2.75, 3.05) is 0 Å². The number of benzene rings is 1. The topological polar surface area (TPSA) is 34.1 Å². The zero-order valence-corrected chi connectivity index (χ0v) is 15.5. The molecule has 0 bridgehead atoms. The van der Waals surface area contributed by atoms with Gasteiger partial charge in [-0.3, -0.25) is 9.59 Å². The summed E-state index contributed by atoms with van der Waals surface area (Å²) in [7, 11) is 0. The van der Waals surface area contributed by atoms with Crippen molar-refractivity contribution in [1.29, 1.82) is 0 Å². The number of fused-ring (bicyclic) bond motifs is 6. The third-order valence-electron chi connectivity index (χ3n) is 4.84. The first-order valence-electron chi connectivity index (χ1n) is 7.65. The summed E-state index contributed by atoms with van der Waals surface area (Å²) in [6.07, 6.45) is 11.8. The largest absolute Gasteiger partial charge is 0.289 e. The van der Waals surface area contributed by atoms with Crippen molar-refractivity contribution in [2.24, 2.45) is 0 Å². The highest BCUT2D eigenvalue weighted by Gasteiger charge is 2.19. The summed E-state index contributed by atoms with van der Waals surface area (Å²) < 4.78 is 0. The fourth-order valence-corrected chi connectivity index (χ4v) is 4.58. The molecule has 0 fully saturated rings. The molecule has 0 aliphatic heterocycles. The third-order valence-corrected chi connectivity index (χ3v) is 5.98. The lowest BCUT2D eigenvalue weighted by molar-refractivity contribution is 1.47. The van der Waals surface area contributed by atoms with Gasteiger partial charge in [0.2, 0.25) is 0 Å². The van der Waals surface area contributed by atoms with Crippen LogP contribution in [0.1, 0.15) is 11.1 Å². The van der Waals surface area contributed by atoms with Gasteiger partial charge in [0.05, 0.1) is 9.65 Å². The van der Waals surface area contributed by atoms with Gasteiger partial charge < -0.3 is 0 Å². The van der Waals surface area contributed by atoms with Crippen LogP contribution >= 0.6 is 31.9 Å². The van der Waals surface area contributed by atoms with Crippen LogP contribution in [0.4, 0.5) is 0 Å². The Morgan fingerprint density at radius 1 is 0.667 bits per heavy atom. The quantitative estimate of drug-likeness (QED) is 0.502. The predicted molar refractivity (Wildman–Crippen MR) is 108 cm³/mol. The minimum Gasteiger partial charge on any atom is -0.289 e. The lowest BCUT2D eigenvalue weighted by Crippen LogP contribution is -2.24. The molecule has 0 heterocycles. The summed E-state index contributed by atoms with van der Waals surface area (Å²) in [4.78, 5) is 25.7. The molecule has 0 spiro atoms. The van der Waals surface area contributed by atoms with Gasteiger partial charge in [0.15, 0.2) is 10.9 Å². The Morgan fingerprint density at radius 3 is 1.50 bits per heavy atom. The SMILES string of the molecule is O=c1c2c(c3cc4c(=O)c5c(c4cc13)C=CC(Br)C=5)C=CC(Br)C=2. The monoisotopic (exact) mass is 440 g/mol. The molecule has 24 heavy (non-hydrogen) atoms. The van der Waals surface area contributed by atoms with Gasteiger partial charge in [0.25, 0.3) is 0 Å². The Balaban J connectivity index is 2.02. The number of alkyl halides is 2. The van der Waals surface area contributed by atoms with E-state index in [4.69, 9.17) is 0 Å². The maximum absolute atomic E-state index is 12.8. The molecule has 2 aliphatic carbocycles. The van der Waals surface area contributed by atoms with Crippen LogP contribution < -0.4 is 21.3 Å². The second-order valence-electron chi connectivity index (χ2n) is 6.20. The first kappa shape index (κ1) is 14.6. The van der Waals surface area contributed by atoms with Gasteiger partial charge in [0.1, 0.15) is 0 Å². The van der Waals surface area contributed by atoms with Crippen LogP contribution in [0.15, 0.2) is 33.9 Å². The average molecular weight is 442 g/mol. The average Bonchev–Trinajstić information content (AvgIpc) is 2.99. The Bertz CT molecular complexity index is 1210. The van der Waals surface area contributed by atoms with Crippen LogP contribution in [-0.2, 0) is 0 Å². The molecular formula is C20H10Br2O2. The normalized spacial score (nSPS) is 21.6. The number of hydrogen-bond donors (Lipinski definition) is 0. The number of allylic oxidation sites excluding steroid dienone is 2. The molecule has 2 nitrogen and oxygen atoms in total. The molecule has 0 saturated carbocycles. The molecule has 2 aliphatic rings. The lowest BCUT2D eigenvalue weighted by atomic mass is 10.0. The molecule has 4 heteroatoms. The lowest BCUT2D eigenvalue weighted by Gasteiger charge is -2.03. The summed E-state index contributed by atoms with van der Waals surface area (Å²) in [5.41, 5.74) is 1.92. The summed E-state index contributed by atoms with van der Waals surface area (Å²) >= 11 is 7.01. The van der Waals surface area contributed by atoms with Gasteiger partial charge in [-0.2, -0.15) is 0 Å². The van der Waals surface area contributed by atoms with Crippen molar-refractivity contribution < 1.29 is 0 Å². The number of halogens is 2. The summed E-state index contributed by atoms with van der Waals surface area (Å²) in [5, 5.41) is 4.58. The Kier molecular flexibility index (Phi) is 2.95. The van der Waals surface area contributed by atoms with Crippen molar-refractivity contribution >= 4 is 77.7 Å². The van der Waals surface area contributed by atoms with Gasteiger partial charge in [-0.15, -0.1) is 0 Å². The second-order valence-corrected chi connectivity index (χ2v) is 8.31. The minimum atomic E-state index is 0.0419. The molecule has 0 saturated heterocycles. The van der Waals surface area contributed by atoms with Crippen LogP contribution in [0.25, 0.3) is 45.8 Å². The molecule has 0 N–H and O–H groups in total. The summed E-state index contributed by atoms with van der Waals surface area (Å²) in [5.74, 6) is 0. The van der Waals surface area contributed by atoms with Crippen LogP contribution in [0.3, 0.4) is 0 Å². The molecule has 0 aromatic heterocycles. The highest BCUT2D eigenvalue weighted by molar-refractivity contribution is 9.10. The van der Waals surface area contributed by atoms with E-state index in [9.17, 15) is 9.59 Å². The van der Waals surface area contributed by atoms with Crippen LogP contribution in [0, 0.1) is 0 Å². The maximum atomic E-state index is 12.8. The molecule has 0 amide bonds. The molecule has 116 valence electrons. The summed E-state index contributed by atoms with van der Waals surface area (Å²) in [6, 6.07) is 3.78. The van der Waals surface area contributed by atoms with Crippen molar-refractivity contribution in [2.45, 2.75) is 9.65 Å². The maximum Gasteiger partial charge on any atom is 0.194 e. The third kappa shape index (κ3) is 1.81. The van der Waals surface area contributed by atoms with E-state index in [2.05, 4.69) is 31.9 Å². The number of rotatable bonds is 0. The molecular weight excluding hydrogens is 432 g/mol. The molecule has 3 aromatic rings. The summed E-state index contributed by atoms with van der Waals surface area (Å²) in [6.45, 7) is 0. The Hall–Kier alpha value is -1.78. The highest BCUT2D eigenvalue weighted by atomic mass is 79.9. The first-order chi connectivity index (χ1) is 11.5. The van der Waals surface area contributed by atoms with Crippen molar-refractivity contribution in [3.05, 3.63) is 66.3 Å². The van der Waals surface area contributed by atoms with Gasteiger partial charge >= 0.3 is 0 Å². The van der Waals surface area contributed by atoms with Gasteiger partial charge in [-0.05, 0) is 34.0 Å². The smallest absolute Gasteiger partial charge is 0.194 e. The van der Waals surface area contributed by atoms with Crippen molar-refractivity contribution in [3.63, 3.8) is 0 Å². The Labute approximate surface area is 153 Å². The van der Waals surface area contributed by atoms with Gasteiger partial charge in [-0.25, -0.2) is 0 Å². The predicted octanol–water partition coefficient (Wildman–Crippen LogP) is 2.73. The van der Waals surface area contributed by atoms with E-state index in [1.165, 1.54) is 0 Å². The van der Waals surface area contributed by atoms with Crippen LogP contribution in [-0.4, -0.2) is 9.65 Å². The van der Waals surface area contributed by atoms with Crippen molar-refractivity contribution in [3.8, 4) is 0 Å². The fourth-order valence-electron chi connectivity index (χ4n) is 3.74. The molecule has 3 aromatic carbocycles. The molecule has 0 radical (unpaired) electrons. The van der Waals surface area contributed by atoms with E-state index in [1.807, 2.05) is 48.6 Å². The number of hydrogen-bond acceptors (Lipinski definition) is 2. The first-order valence-corrected chi connectivity index (χ1v) is 9.49. The standard InChI is InChI=1S/C20H10Br2O2/c21-9-1-3-11-13-7-18-14(8-17(13)19(23)15(11)5-9)12-4-2-10(22)6-16(12)20(18)24/h1-10H. The van der Waals surface area contributed by atoms with Crippen LogP contribution in [0.5, 0.6) is 0 Å². The molecule has 5 rings (SSSR count).